The fourth-order valence-electron chi connectivity index (χ4n) is 1.35. The predicted octanol–water partition coefficient (Wildman–Crippen LogP) is 3.19. The first kappa shape index (κ1) is 17.1. The maximum absolute atomic E-state index is 11.9. The molecule has 0 saturated heterocycles. The van der Waals surface area contributed by atoms with Crippen molar-refractivity contribution in [2.75, 3.05) is 18.5 Å². The molecule has 0 aliphatic heterocycles. The second kappa shape index (κ2) is 7.70. The van der Waals surface area contributed by atoms with Gasteiger partial charge in [-0.3, -0.25) is 0 Å². The summed E-state index contributed by atoms with van der Waals surface area (Å²) in [6, 6.07) is 2.29. The van der Waals surface area contributed by atoms with E-state index in [1.54, 1.807) is 0 Å². The Morgan fingerprint density at radius 3 is 2.62 bits per heavy atom. The second-order valence-electron chi connectivity index (χ2n) is 4.85. The van der Waals surface area contributed by atoms with Crippen LogP contribution in [0.15, 0.2) is 18.3 Å². The van der Waals surface area contributed by atoms with Crippen molar-refractivity contribution >= 4 is 11.7 Å². The molecule has 0 aliphatic carbocycles. The van der Waals surface area contributed by atoms with Gasteiger partial charge in [-0.25, -0.2) is 9.78 Å². The molecule has 1 heterocycles. The van der Waals surface area contributed by atoms with E-state index in [4.69, 9.17) is 0 Å². The monoisotopic (exact) mass is 305 g/mol. The van der Waals surface area contributed by atoms with Crippen molar-refractivity contribution in [3.8, 4) is 5.88 Å². The number of carbonyl (C=O) groups is 1. The first-order valence-corrected chi connectivity index (χ1v) is 6.47. The molecule has 0 saturated carbocycles. The van der Waals surface area contributed by atoms with Crippen molar-refractivity contribution in [2.24, 2.45) is 5.92 Å². The lowest BCUT2D eigenvalue weighted by Crippen LogP contribution is -2.30. The van der Waals surface area contributed by atoms with Crippen LogP contribution in [0, 0.1) is 5.92 Å². The Labute approximate surface area is 120 Å². The topological polar surface area (TPSA) is 63.2 Å². The average molecular weight is 305 g/mol. The summed E-state index contributed by atoms with van der Waals surface area (Å²) in [5, 5.41) is 5.19. The van der Waals surface area contributed by atoms with Gasteiger partial charge in [0.25, 0.3) is 0 Å². The molecule has 118 valence electrons. The third-order valence-corrected chi connectivity index (χ3v) is 2.39. The van der Waals surface area contributed by atoms with E-state index in [2.05, 4.69) is 20.4 Å². The maximum Gasteiger partial charge on any atom is 0.422 e. The number of alkyl halides is 3. The lowest BCUT2D eigenvalue weighted by Gasteiger charge is -2.10. The van der Waals surface area contributed by atoms with Crippen LogP contribution >= 0.6 is 0 Å². The van der Waals surface area contributed by atoms with Gasteiger partial charge in [0.1, 0.15) is 0 Å². The summed E-state index contributed by atoms with van der Waals surface area (Å²) in [6.45, 7) is 3.23. The first-order chi connectivity index (χ1) is 9.76. The number of anilines is 1. The molecule has 0 aliphatic rings. The van der Waals surface area contributed by atoms with Crippen LogP contribution in [0.25, 0.3) is 0 Å². The number of nitrogens with zero attached hydrogens (tertiary/aromatic N) is 1. The number of ether oxygens (including phenoxy) is 1. The number of nitrogens with one attached hydrogen (secondary N) is 2. The molecule has 1 aromatic rings. The minimum absolute atomic E-state index is 0.155. The Hall–Kier alpha value is -1.99. The van der Waals surface area contributed by atoms with Crippen molar-refractivity contribution in [1.29, 1.82) is 0 Å². The van der Waals surface area contributed by atoms with Gasteiger partial charge in [-0.1, -0.05) is 13.8 Å². The van der Waals surface area contributed by atoms with Gasteiger partial charge in [0.15, 0.2) is 6.61 Å². The summed E-state index contributed by atoms with van der Waals surface area (Å²) in [5.74, 6) is 0.329. The Balaban J connectivity index is 2.38. The van der Waals surface area contributed by atoms with Crippen molar-refractivity contribution in [2.45, 2.75) is 26.4 Å². The van der Waals surface area contributed by atoms with E-state index in [0.29, 0.717) is 18.2 Å². The third kappa shape index (κ3) is 8.01. The molecule has 2 N–H and O–H groups in total. The smallest absolute Gasteiger partial charge is 0.422 e. The zero-order chi connectivity index (χ0) is 15.9. The Kier molecular flexibility index (Phi) is 6.26. The second-order valence-corrected chi connectivity index (χ2v) is 4.85. The highest BCUT2D eigenvalue weighted by atomic mass is 19.4. The quantitative estimate of drug-likeness (QED) is 0.848. The van der Waals surface area contributed by atoms with E-state index in [1.165, 1.54) is 18.3 Å². The molecule has 0 aromatic carbocycles. The molecule has 0 unspecified atom stereocenters. The number of pyridine rings is 1. The number of hydrogen-bond acceptors (Lipinski definition) is 3. The van der Waals surface area contributed by atoms with Crippen molar-refractivity contribution in [3.63, 3.8) is 0 Å². The zero-order valence-corrected chi connectivity index (χ0v) is 11.8. The number of urea groups is 1. The molecule has 5 nitrogen and oxygen atoms in total. The number of rotatable bonds is 6. The Bertz CT molecular complexity index is 447. The maximum atomic E-state index is 11.9. The Morgan fingerprint density at radius 1 is 1.38 bits per heavy atom. The minimum Gasteiger partial charge on any atom is -0.468 e. The molecule has 0 spiro atoms. The predicted molar refractivity (Wildman–Crippen MR) is 72.3 cm³/mol. The number of aromatic nitrogens is 1. The van der Waals surface area contributed by atoms with Crippen LogP contribution in [0.4, 0.5) is 23.7 Å². The summed E-state index contributed by atoms with van der Waals surface area (Å²) >= 11 is 0. The van der Waals surface area contributed by atoms with Crippen LogP contribution in [0.5, 0.6) is 5.88 Å². The molecule has 1 rings (SSSR count). The highest BCUT2D eigenvalue weighted by molar-refractivity contribution is 5.88. The first-order valence-electron chi connectivity index (χ1n) is 6.47. The van der Waals surface area contributed by atoms with E-state index < -0.39 is 12.8 Å². The van der Waals surface area contributed by atoms with Crippen LogP contribution in [-0.4, -0.2) is 30.3 Å². The SMILES string of the molecule is CC(C)CCNC(=O)Nc1ccc(OCC(F)(F)F)nc1. The summed E-state index contributed by atoms with van der Waals surface area (Å²) in [4.78, 5) is 15.2. The molecule has 0 bridgehead atoms. The van der Waals surface area contributed by atoms with E-state index in [9.17, 15) is 18.0 Å². The largest absolute Gasteiger partial charge is 0.468 e. The van der Waals surface area contributed by atoms with Crippen LogP contribution in [0.1, 0.15) is 20.3 Å². The standard InChI is InChI=1S/C13H18F3N3O2/c1-9(2)5-6-17-12(20)19-10-3-4-11(18-7-10)21-8-13(14,15)16/h3-4,7,9H,5-6,8H2,1-2H3,(H2,17,19,20). The van der Waals surface area contributed by atoms with Crippen LogP contribution in [-0.2, 0) is 0 Å². The molecule has 8 heteroatoms. The summed E-state index contributed by atoms with van der Waals surface area (Å²) in [5.41, 5.74) is 0.372. The molecule has 1 aromatic heterocycles. The summed E-state index contributed by atoms with van der Waals surface area (Å²) in [7, 11) is 0. The molecule has 0 fully saturated rings. The lowest BCUT2D eigenvalue weighted by atomic mass is 10.1. The molecular weight excluding hydrogens is 287 g/mol. The van der Waals surface area contributed by atoms with Gasteiger partial charge in [0.2, 0.25) is 5.88 Å². The highest BCUT2D eigenvalue weighted by Gasteiger charge is 2.28. The van der Waals surface area contributed by atoms with Gasteiger partial charge in [-0.15, -0.1) is 0 Å². The molecule has 2 amide bonds. The number of hydrogen-bond donors (Lipinski definition) is 2. The summed E-state index contributed by atoms with van der Waals surface area (Å²) in [6.07, 6.45) is -2.32. The number of amides is 2. The highest BCUT2D eigenvalue weighted by Crippen LogP contribution is 2.17. The summed E-state index contributed by atoms with van der Waals surface area (Å²) < 4.78 is 40.3. The van der Waals surface area contributed by atoms with Gasteiger partial charge in [-0.05, 0) is 18.4 Å². The molecular formula is C13H18F3N3O2. The molecule has 21 heavy (non-hydrogen) atoms. The molecule has 0 atom stereocenters. The fraction of sp³-hybridized carbons (Fsp3) is 0.538. The van der Waals surface area contributed by atoms with E-state index in [-0.39, 0.29) is 11.9 Å². The van der Waals surface area contributed by atoms with Crippen molar-refractivity contribution in [3.05, 3.63) is 18.3 Å². The van der Waals surface area contributed by atoms with E-state index >= 15 is 0 Å². The van der Waals surface area contributed by atoms with Crippen LogP contribution in [0.2, 0.25) is 0 Å². The van der Waals surface area contributed by atoms with Crippen LogP contribution in [0.3, 0.4) is 0 Å². The van der Waals surface area contributed by atoms with Gasteiger partial charge >= 0.3 is 12.2 Å². The number of halogens is 3. The van der Waals surface area contributed by atoms with Gasteiger partial charge < -0.3 is 15.4 Å². The van der Waals surface area contributed by atoms with E-state index in [1.807, 2.05) is 13.8 Å². The van der Waals surface area contributed by atoms with Crippen molar-refractivity contribution < 1.29 is 22.7 Å². The Morgan fingerprint density at radius 2 is 2.10 bits per heavy atom. The van der Waals surface area contributed by atoms with Crippen LogP contribution < -0.4 is 15.4 Å². The average Bonchev–Trinajstić information content (AvgIpc) is 2.36. The third-order valence-electron chi connectivity index (χ3n) is 2.39. The lowest BCUT2D eigenvalue weighted by molar-refractivity contribution is -0.154. The van der Waals surface area contributed by atoms with Gasteiger partial charge in [0.05, 0.1) is 11.9 Å². The molecule has 0 radical (unpaired) electrons. The van der Waals surface area contributed by atoms with Gasteiger partial charge in [-0.2, -0.15) is 13.2 Å². The number of carbonyl (C=O) groups excluding carboxylic acids is 1. The van der Waals surface area contributed by atoms with E-state index in [0.717, 1.165) is 6.42 Å². The van der Waals surface area contributed by atoms with Crippen molar-refractivity contribution in [1.82, 2.24) is 10.3 Å². The van der Waals surface area contributed by atoms with Gasteiger partial charge in [0, 0.05) is 12.6 Å². The minimum atomic E-state index is -4.41. The fourth-order valence-corrected chi connectivity index (χ4v) is 1.35. The normalized spacial score (nSPS) is 11.3. The zero-order valence-electron chi connectivity index (χ0n) is 11.8.